The fourth-order valence-electron chi connectivity index (χ4n) is 2.41. The largest absolute Gasteiger partial charge is 0.467 e. The summed E-state index contributed by atoms with van der Waals surface area (Å²) in [7, 11) is 0. The first-order chi connectivity index (χ1) is 11.0. The standard InChI is InChI=1S/C15H14FN3O4/c1-9-2-13(19(20)21)6-18-15(9)17-5-10-3-12(16)4-11-7-22-8-23-14(10)11/h2-4,6H,5,7-8H2,1H3,(H,17,18). The fourth-order valence-corrected chi connectivity index (χ4v) is 2.41. The van der Waals surface area contributed by atoms with E-state index in [0.717, 1.165) is 0 Å². The number of benzene rings is 1. The lowest BCUT2D eigenvalue weighted by Gasteiger charge is -2.21. The van der Waals surface area contributed by atoms with Crippen LogP contribution in [0.15, 0.2) is 24.4 Å². The molecule has 2 aromatic rings. The Kier molecular flexibility index (Phi) is 4.07. The molecule has 7 nitrogen and oxygen atoms in total. The van der Waals surface area contributed by atoms with Gasteiger partial charge in [0.15, 0.2) is 6.79 Å². The smallest absolute Gasteiger partial charge is 0.287 e. The maximum Gasteiger partial charge on any atom is 0.287 e. The first-order valence-corrected chi connectivity index (χ1v) is 6.91. The number of nitrogens with zero attached hydrogens (tertiary/aromatic N) is 2. The summed E-state index contributed by atoms with van der Waals surface area (Å²) in [6.45, 7) is 2.43. The molecule has 0 fully saturated rings. The summed E-state index contributed by atoms with van der Waals surface area (Å²) in [5.74, 6) is 0.730. The van der Waals surface area contributed by atoms with Crippen LogP contribution in [0.25, 0.3) is 0 Å². The van der Waals surface area contributed by atoms with Crippen molar-refractivity contribution in [3.05, 3.63) is 57.0 Å². The number of aryl methyl sites for hydroxylation is 1. The van der Waals surface area contributed by atoms with E-state index < -0.39 is 4.92 Å². The third-order valence-electron chi connectivity index (χ3n) is 3.47. The number of aromatic nitrogens is 1. The Bertz CT molecular complexity index is 767. The van der Waals surface area contributed by atoms with Gasteiger partial charge in [-0.05, 0) is 24.6 Å². The predicted molar refractivity (Wildman–Crippen MR) is 79.6 cm³/mol. The van der Waals surface area contributed by atoms with E-state index in [1.54, 1.807) is 6.92 Å². The van der Waals surface area contributed by atoms with E-state index in [1.807, 2.05) is 0 Å². The van der Waals surface area contributed by atoms with Crippen LogP contribution in [-0.2, 0) is 17.9 Å². The molecule has 1 aliphatic heterocycles. The number of ether oxygens (including phenoxy) is 2. The monoisotopic (exact) mass is 319 g/mol. The molecule has 1 aromatic carbocycles. The molecule has 3 rings (SSSR count). The normalized spacial score (nSPS) is 13.1. The number of fused-ring (bicyclic) bond motifs is 1. The zero-order valence-electron chi connectivity index (χ0n) is 12.3. The van der Waals surface area contributed by atoms with Gasteiger partial charge >= 0.3 is 0 Å². The molecular weight excluding hydrogens is 305 g/mol. The van der Waals surface area contributed by atoms with Crippen LogP contribution in [0.1, 0.15) is 16.7 Å². The zero-order chi connectivity index (χ0) is 16.4. The molecule has 120 valence electrons. The van der Waals surface area contributed by atoms with Crippen LogP contribution in [0.4, 0.5) is 15.9 Å². The van der Waals surface area contributed by atoms with Gasteiger partial charge in [0.25, 0.3) is 5.69 Å². The molecule has 1 aliphatic rings. The number of nitro groups is 1. The Morgan fingerprint density at radius 3 is 3.00 bits per heavy atom. The number of pyridine rings is 1. The van der Waals surface area contributed by atoms with Gasteiger partial charge in [-0.25, -0.2) is 9.37 Å². The molecule has 0 radical (unpaired) electrons. The molecule has 0 spiro atoms. The summed E-state index contributed by atoms with van der Waals surface area (Å²) in [5.41, 5.74) is 1.86. The van der Waals surface area contributed by atoms with E-state index >= 15 is 0 Å². The van der Waals surface area contributed by atoms with Gasteiger partial charge in [-0.15, -0.1) is 0 Å². The van der Waals surface area contributed by atoms with Gasteiger partial charge in [-0.3, -0.25) is 10.1 Å². The van der Waals surface area contributed by atoms with E-state index in [-0.39, 0.29) is 24.8 Å². The second-order valence-electron chi connectivity index (χ2n) is 5.13. The van der Waals surface area contributed by atoms with E-state index in [9.17, 15) is 14.5 Å². The molecule has 2 heterocycles. The molecule has 0 amide bonds. The lowest BCUT2D eigenvalue weighted by molar-refractivity contribution is -0.385. The zero-order valence-corrected chi connectivity index (χ0v) is 12.3. The Morgan fingerprint density at radius 2 is 2.26 bits per heavy atom. The van der Waals surface area contributed by atoms with Crippen molar-refractivity contribution in [2.75, 3.05) is 12.1 Å². The van der Waals surface area contributed by atoms with Crippen molar-refractivity contribution in [2.24, 2.45) is 0 Å². The molecular formula is C15H14FN3O4. The number of rotatable bonds is 4. The lowest BCUT2D eigenvalue weighted by atomic mass is 10.1. The summed E-state index contributed by atoms with van der Waals surface area (Å²) >= 11 is 0. The Morgan fingerprint density at radius 1 is 1.43 bits per heavy atom. The van der Waals surface area contributed by atoms with Crippen molar-refractivity contribution >= 4 is 11.5 Å². The molecule has 0 bridgehead atoms. The predicted octanol–water partition coefficient (Wildman–Crippen LogP) is 2.92. The number of nitrogens with one attached hydrogen (secondary N) is 1. The average molecular weight is 319 g/mol. The summed E-state index contributed by atoms with van der Waals surface area (Å²) in [5, 5.41) is 13.8. The van der Waals surface area contributed by atoms with Gasteiger partial charge in [0.2, 0.25) is 0 Å². The maximum absolute atomic E-state index is 13.7. The number of anilines is 1. The third kappa shape index (κ3) is 3.21. The van der Waals surface area contributed by atoms with Gasteiger partial charge in [-0.2, -0.15) is 0 Å². The van der Waals surface area contributed by atoms with Crippen LogP contribution >= 0.6 is 0 Å². The Labute approximate surface area is 131 Å². The number of hydrogen-bond acceptors (Lipinski definition) is 6. The highest BCUT2D eigenvalue weighted by atomic mass is 19.1. The molecule has 8 heteroatoms. The second-order valence-corrected chi connectivity index (χ2v) is 5.13. The Balaban J connectivity index is 1.81. The van der Waals surface area contributed by atoms with Crippen LogP contribution in [-0.4, -0.2) is 16.7 Å². The van der Waals surface area contributed by atoms with Gasteiger partial charge in [0.05, 0.1) is 11.5 Å². The van der Waals surface area contributed by atoms with Crippen molar-refractivity contribution in [1.82, 2.24) is 4.98 Å². The lowest BCUT2D eigenvalue weighted by Crippen LogP contribution is -2.15. The van der Waals surface area contributed by atoms with Gasteiger partial charge in [0.1, 0.15) is 23.6 Å². The van der Waals surface area contributed by atoms with Gasteiger partial charge in [0, 0.05) is 23.7 Å². The topological polar surface area (TPSA) is 86.5 Å². The molecule has 23 heavy (non-hydrogen) atoms. The van der Waals surface area contributed by atoms with Crippen LogP contribution in [0.5, 0.6) is 5.75 Å². The summed E-state index contributed by atoms with van der Waals surface area (Å²) in [6.07, 6.45) is 1.18. The highest BCUT2D eigenvalue weighted by molar-refractivity contribution is 5.50. The molecule has 0 saturated heterocycles. The van der Waals surface area contributed by atoms with Crippen LogP contribution in [0.2, 0.25) is 0 Å². The minimum absolute atomic E-state index is 0.0725. The van der Waals surface area contributed by atoms with Crippen molar-refractivity contribution < 1.29 is 18.8 Å². The number of hydrogen-bond donors (Lipinski definition) is 1. The highest BCUT2D eigenvalue weighted by Crippen LogP contribution is 2.30. The fraction of sp³-hybridized carbons (Fsp3) is 0.267. The van der Waals surface area contributed by atoms with Gasteiger partial charge in [-0.1, -0.05) is 0 Å². The second kappa shape index (κ2) is 6.17. The SMILES string of the molecule is Cc1cc([N+](=O)[O-])cnc1NCc1cc(F)cc2c1OCOC2. The van der Waals surface area contributed by atoms with Crippen LogP contribution in [0, 0.1) is 22.9 Å². The summed E-state index contributed by atoms with van der Waals surface area (Å²) in [6, 6.07) is 4.20. The van der Waals surface area contributed by atoms with E-state index in [4.69, 9.17) is 9.47 Å². The van der Waals surface area contributed by atoms with Crippen LogP contribution < -0.4 is 10.1 Å². The highest BCUT2D eigenvalue weighted by Gasteiger charge is 2.17. The van der Waals surface area contributed by atoms with Crippen molar-refractivity contribution in [3.63, 3.8) is 0 Å². The third-order valence-corrected chi connectivity index (χ3v) is 3.47. The quantitative estimate of drug-likeness (QED) is 0.689. The Hall–Kier alpha value is -2.74. The molecule has 0 unspecified atom stereocenters. The van der Waals surface area contributed by atoms with Gasteiger partial charge < -0.3 is 14.8 Å². The number of halogens is 1. The summed E-state index contributed by atoms with van der Waals surface area (Å²) in [4.78, 5) is 14.3. The molecule has 1 aromatic heterocycles. The first kappa shape index (κ1) is 15.2. The van der Waals surface area contributed by atoms with E-state index in [2.05, 4.69) is 10.3 Å². The minimum atomic E-state index is -0.499. The first-order valence-electron chi connectivity index (χ1n) is 6.91. The molecule has 0 saturated carbocycles. The van der Waals surface area contributed by atoms with Crippen LogP contribution in [0.3, 0.4) is 0 Å². The van der Waals surface area contributed by atoms with Crippen molar-refractivity contribution in [2.45, 2.75) is 20.1 Å². The molecule has 0 aliphatic carbocycles. The van der Waals surface area contributed by atoms with E-state index in [0.29, 0.717) is 34.9 Å². The molecule has 1 N–H and O–H groups in total. The maximum atomic E-state index is 13.7. The molecule has 0 atom stereocenters. The average Bonchev–Trinajstić information content (AvgIpc) is 2.53. The van der Waals surface area contributed by atoms with E-state index in [1.165, 1.54) is 24.4 Å². The van der Waals surface area contributed by atoms with Crippen molar-refractivity contribution in [3.8, 4) is 5.75 Å². The van der Waals surface area contributed by atoms with Crippen molar-refractivity contribution in [1.29, 1.82) is 0 Å². The minimum Gasteiger partial charge on any atom is -0.467 e. The summed E-state index contributed by atoms with van der Waals surface area (Å²) < 4.78 is 24.3.